The van der Waals surface area contributed by atoms with Crippen LogP contribution in [0, 0.1) is 0 Å². The lowest BCUT2D eigenvalue weighted by Crippen LogP contribution is -2.41. The average molecular weight is 398 g/mol. The van der Waals surface area contributed by atoms with E-state index in [-0.39, 0.29) is 30.3 Å². The van der Waals surface area contributed by atoms with Crippen molar-refractivity contribution in [1.82, 2.24) is 25.1 Å². The minimum Gasteiger partial charge on any atom is -0.354 e. The summed E-state index contributed by atoms with van der Waals surface area (Å²) in [6, 6.07) is 0.699. The van der Waals surface area contributed by atoms with Crippen molar-refractivity contribution in [2.24, 2.45) is 0 Å². The van der Waals surface area contributed by atoms with Crippen LogP contribution in [0.15, 0.2) is 12.3 Å². The first-order chi connectivity index (χ1) is 12.9. The maximum Gasteiger partial charge on any atom is 0.320 e. The quantitative estimate of drug-likeness (QED) is 0.525. The zero-order chi connectivity index (χ0) is 19.3. The molecule has 2 aliphatic rings. The third-order valence-corrected chi connectivity index (χ3v) is 6.23. The number of anilines is 1. The second-order valence-electron chi connectivity index (χ2n) is 6.93. The fourth-order valence-electron chi connectivity index (χ4n) is 3.40. The molecule has 11 heteroatoms. The minimum atomic E-state index is -3.42. The molecule has 27 heavy (non-hydrogen) atoms. The summed E-state index contributed by atoms with van der Waals surface area (Å²) in [5.41, 5.74) is 0. The maximum absolute atomic E-state index is 12.1. The Bertz CT molecular complexity index is 772. The van der Waals surface area contributed by atoms with E-state index in [9.17, 15) is 18.0 Å². The molecule has 3 rings (SSSR count). The van der Waals surface area contributed by atoms with Crippen LogP contribution < -0.4 is 20.7 Å². The molecule has 1 unspecified atom stereocenters. The van der Waals surface area contributed by atoms with E-state index in [1.54, 1.807) is 12.3 Å². The zero-order valence-electron chi connectivity index (χ0n) is 15.1. The van der Waals surface area contributed by atoms with Crippen LogP contribution in [0.25, 0.3) is 0 Å². The summed E-state index contributed by atoms with van der Waals surface area (Å²) in [5.74, 6) is 0.0355. The molecule has 2 fully saturated rings. The summed E-state index contributed by atoms with van der Waals surface area (Å²) in [6.45, 7) is 0.607. The van der Waals surface area contributed by atoms with Gasteiger partial charge < -0.3 is 10.6 Å². The molecule has 0 spiro atoms. The molecule has 1 aromatic heterocycles. The molecule has 0 bridgehead atoms. The third kappa shape index (κ3) is 5.67. The van der Waals surface area contributed by atoms with E-state index in [4.69, 9.17) is 0 Å². The first kappa shape index (κ1) is 19.6. The molecule has 0 aromatic carbocycles. The van der Waals surface area contributed by atoms with Crippen molar-refractivity contribution in [3.05, 3.63) is 12.3 Å². The number of sulfonamides is 1. The van der Waals surface area contributed by atoms with Crippen molar-refractivity contribution in [2.45, 2.75) is 50.6 Å². The fourth-order valence-corrected chi connectivity index (χ4v) is 4.64. The van der Waals surface area contributed by atoms with E-state index in [1.807, 2.05) is 0 Å². The van der Waals surface area contributed by atoms with Gasteiger partial charge in [-0.15, -0.1) is 0 Å². The Morgan fingerprint density at radius 2 is 2.04 bits per heavy atom. The Hall–Kier alpha value is -2.14. The van der Waals surface area contributed by atoms with Gasteiger partial charge in [0.15, 0.2) is 5.82 Å². The van der Waals surface area contributed by atoms with Crippen molar-refractivity contribution >= 4 is 27.8 Å². The molecule has 1 atom stereocenters. The molecule has 3 amide bonds. The van der Waals surface area contributed by atoms with E-state index >= 15 is 0 Å². The summed E-state index contributed by atoms with van der Waals surface area (Å²) in [6.07, 6.45) is 7.26. The lowest BCUT2D eigenvalue weighted by Gasteiger charge is -2.22. The zero-order valence-corrected chi connectivity index (χ0v) is 15.9. The van der Waals surface area contributed by atoms with E-state index in [0.29, 0.717) is 18.8 Å². The monoisotopic (exact) mass is 398 g/mol. The highest BCUT2D eigenvalue weighted by atomic mass is 32.2. The molecule has 10 nitrogen and oxygen atoms in total. The van der Waals surface area contributed by atoms with Gasteiger partial charge in [-0.05, 0) is 19.3 Å². The van der Waals surface area contributed by atoms with Gasteiger partial charge in [0, 0.05) is 31.4 Å². The molecule has 1 aliphatic heterocycles. The SMILES string of the molecule is O=C(NCCS(=O)(=O)NC1CCCCC1)Nc1ccn(C2CCNC2=O)n1. The average Bonchev–Trinajstić information content (AvgIpc) is 3.23. The van der Waals surface area contributed by atoms with Crippen molar-refractivity contribution in [1.29, 1.82) is 0 Å². The smallest absolute Gasteiger partial charge is 0.320 e. The first-order valence-electron chi connectivity index (χ1n) is 9.31. The number of urea groups is 1. The van der Waals surface area contributed by atoms with Crippen molar-refractivity contribution < 1.29 is 18.0 Å². The standard InChI is InChI=1S/C16H26N6O4S/c23-15-13(6-8-17-15)22-10-7-14(20-22)19-16(24)18-9-11-27(25,26)21-12-4-2-1-3-5-12/h7,10,12-13,21H,1-6,8-9,11H2,(H,17,23)(H2,18,19,20,24). The van der Waals surface area contributed by atoms with Crippen LogP contribution >= 0.6 is 0 Å². The third-order valence-electron chi connectivity index (χ3n) is 4.80. The summed E-state index contributed by atoms with van der Waals surface area (Å²) < 4.78 is 28.4. The van der Waals surface area contributed by atoms with Gasteiger partial charge in [0.05, 0.1) is 5.75 Å². The Kier molecular flexibility index (Phi) is 6.32. The normalized spacial score (nSPS) is 21.0. The van der Waals surface area contributed by atoms with E-state index in [0.717, 1.165) is 32.1 Å². The molecule has 150 valence electrons. The van der Waals surface area contributed by atoms with E-state index in [2.05, 4.69) is 25.8 Å². The van der Waals surface area contributed by atoms with Gasteiger partial charge in [-0.3, -0.25) is 14.8 Å². The van der Waals surface area contributed by atoms with Gasteiger partial charge in [-0.2, -0.15) is 5.10 Å². The van der Waals surface area contributed by atoms with Gasteiger partial charge in [0.1, 0.15) is 6.04 Å². The lowest BCUT2D eigenvalue weighted by molar-refractivity contribution is -0.122. The van der Waals surface area contributed by atoms with Gasteiger partial charge in [-0.25, -0.2) is 17.9 Å². The number of rotatable bonds is 7. The number of nitrogens with one attached hydrogen (secondary N) is 4. The summed E-state index contributed by atoms with van der Waals surface area (Å²) in [5, 5.41) is 12.0. The highest BCUT2D eigenvalue weighted by Gasteiger charge is 2.26. The van der Waals surface area contributed by atoms with Crippen LogP contribution in [0.5, 0.6) is 0 Å². The maximum atomic E-state index is 12.1. The van der Waals surface area contributed by atoms with E-state index < -0.39 is 16.1 Å². The molecule has 2 heterocycles. The number of carbonyl (C=O) groups excluding carboxylic acids is 2. The predicted molar refractivity (Wildman–Crippen MR) is 99.7 cm³/mol. The number of aromatic nitrogens is 2. The van der Waals surface area contributed by atoms with Crippen LogP contribution in [-0.4, -0.2) is 55.0 Å². The second-order valence-corrected chi connectivity index (χ2v) is 8.80. The number of nitrogens with zero attached hydrogens (tertiary/aromatic N) is 2. The largest absolute Gasteiger partial charge is 0.354 e. The number of hydrogen-bond acceptors (Lipinski definition) is 5. The Balaban J connectivity index is 1.40. The fraction of sp³-hybridized carbons (Fsp3) is 0.688. The van der Waals surface area contributed by atoms with Gasteiger partial charge >= 0.3 is 6.03 Å². The molecule has 1 aromatic rings. The molecule has 1 saturated carbocycles. The van der Waals surface area contributed by atoms with E-state index in [1.165, 1.54) is 4.68 Å². The minimum absolute atomic E-state index is 0.000371. The van der Waals surface area contributed by atoms with Crippen LogP contribution in [0.4, 0.5) is 10.6 Å². The topological polar surface area (TPSA) is 134 Å². The Morgan fingerprint density at radius 1 is 1.26 bits per heavy atom. The number of hydrogen-bond donors (Lipinski definition) is 4. The highest BCUT2D eigenvalue weighted by Crippen LogP contribution is 2.18. The van der Waals surface area contributed by atoms with Gasteiger partial charge in [0.2, 0.25) is 15.9 Å². The van der Waals surface area contributed by atoms with Crippen LogP contribution in [-0.2, 0) is 14.8 Å². The van der Waals surface area contributed by atoms with Crippen molar-refractivity contribution in [3.8, 4) is 0 Å². The highest BCUT2D eigenvalue weighted by molar-refractivity contribution is 7.89. The molecule has 1 aliphatic carbocycles. The Labute approximate surface area is 158 Å². The molecular weight excluding hydrogens is 372 g/mol. The summed E-state index contributed by atoms with van der Waals surface area (Å²) in [4.78, 5) is 23.6. The lowest BCUT2D eigenvalue weighted by atomic mass is 9.96. The van der Waals surface area contributed by atoms with Gasteiger partial charge in [-0.1, -0.05) is 19.3 Å². The van der Waals surface area contributed by atoms with Crippen molar-refractivity contribution in [2.75, 3.05) is 24.2 Å². The van der Waals surface area contributed by atoms with Crippen LogP contribution in [0.2, 0.25) is 0 Å². The van der Waals surface area contributed by atoms with Crippen LogP contribution in [0.3, 0.4) is 0 Å². The van der Waals surface area contributed by atoms with Crippen LogP contribution in [0.1, 0.15) is 44.6 Å². The molecule has 1 saturated heterocycles. The summed E-state index contributed by atoms with van der Waals surface area (Å²) >= 11 is 0. The molecular formula is C16H26N6O4S. The summed E-state index contributed by atoms with van der Waals surface area (Å²) in [7, 11) is -3.42. The number of carbonyl (C=O) groups is 2. The van der Waals surface area contributed by atoms with Gasteiger partial charge in [0.25, 0.3) is 0 Å². The first-order valence-corrected chi connectivity index (χ1v) is 11.0. The molecule has 0 radical (unpaired) electrons. The second kappa shape index (κ2) is 8.70. The molecule has 4 N–H and O–H groups in total. The number of amides is 3. The predicted octanol–water partition coefficient (Wildman–Crippen LogP) is 0.318. The van der Waals surface area contributed by atoms with Crippen molar-refractivity contribution in [3.63, 3.8) is 0 Å². The Morgan fingerprint density at radius 3 is 2.74 bits per heavy atom.